The van der Waals surface area contributed by atoms with Crippen molar-refractivity contribution in [1.29, 1.82) is 0 Å². The Hall–Kier alpha value is 0.260. The van der Waals surface area contributed by atoms with Crippen LogP contribution < -0.4 is 0 Å². The van der Waals surface area contributed by atoms with Crippen molar-refractivity contribution in [1.82, 2.24) is 0 Å². The van der Waals surface area contributed by atoms with Crippen LogP contribution in [0.2, 0.25) is 0 Å². The monoisotopic (exact) mass is 156 g/mol. The molecule has 3 nitrogen and oxygen atoms in total. The molecule has 0 unspecified atom stereocenters. The van der Waals surface area contributed by atoms with E-state index in [1.165, 1.54) is 13.8 Å². The third-order valence-corrected chi connectivity index (χ3v) is 2.59. The minimum Gasteiger partial charge on any atom is -0.285 e. The van der Waals surface area contributed by atoms with Gasteiger partial charge in [-0.15, -0.1) is 0 Å². The first-order valence-corrected chi connectivity index (χ1v) is 3.83. The van der Waals surface area contributed by atoms with E-state index >= 15 is 0 Å². The van der Waals surface area contributed by atoms with Crippen LogP contribution >= 0.6 is 12.6 Å². The topological polar surface area (TPSA) is 54.4 Å². The molecule has 0 saturated carbocycles. The molecule has 5 heteroatoms. The summed E-state index contributed by atoms with van der Waals surface area (Å²) in [5.74, 6) is 0. The van der Waals surface area contributed by atoms with Gasteiger partial charge in [-0.05, 0) is 13.8 Å². The first-order chi connectivity index (χ1) is 3.25. The average molecular weight is 156 g/mol. The second-order valence-electron chi connectivity index (χ2n) is 1.92. The standard InChI is InChI=1S/C3H8O3S2/c1-3(2,7)8(4,5)6/h7H,1-2H3,(H,4,5,6). The van der Waals surface area contributed by atoms with Gasteiger partial charge < -0.3 is 0 Å². The van der Waals surface area contributed by atoms with E-state index in [-0.39, 0.29) is 0 Å². The summed E-state index contributed by atoms with van der Waals surface area (Å²) in [6.07, 6.45) is 0. The molecule has 0 heterocycles. The molecular formula is C3H8O3S2. The fraction of sp³-hybridized carbons (Fsp3) is 1.00. The van der Waals surface area contributed by atoms with Crippen molar-refractivity contribution < 1.29 is 13.0 Å². The maximum atomic E-state index is 10.1. The van der Waals surface area contributed by atoms with E-state index in [1.807, 2.05) is 0 Å². The van der Waals surface area contributed by atoms with Gasteiger partial charge >= 0.3 is 0 Å². The van der Waals surface area contributed by atoms with Crippen molar-refractivity contribution in [3.63, 3.8) is 0 Å². The zero-order chi connectivity index (χ0) is 7.00. The highest BCUT2D eigenvalue weighted by Crippen LogP contribution is 2.17. The average Bonchev–Trinajstić information content (AvgIpc) is 1.25. The van der Waals surface area contributed by atoms with Crippen molar-refractivity contribution >= 4 is 22.7 Å². The van der Waals surface area contributed by atoms with Gasteiger partial charge in [0.1, 0.15) is 4.08 Å². The summed E-state index contributed by atoms with van der Waals surface area (Å²) < 4.78 is 27.2. The van der Waals surface area contributed by atoms with Crippen molar-refractivity contribution in [3.05, 3.63) is 0 Å². The zero-order valence-electron chi connectivity index (χ0n) is 4.62. The number of hydrogen-bond acceptors (Lipinski definition) is 3. The van der Waals surface area contributed by atoms with Crippen LogP contribution in [0, 0.1) is 0 Å². The number of thiol groups is 1. The fourth-order valence-electron chi connectivity index (χ4n) is 0. The minimum absolute atomic E-state index is 1.30. The lowest BCUT2D eigenvalue weighted by Gasteiger charge is -2.10. The van der Waals surface area contributed by atoms with Gasteiger partial charge in [0.25, 0.3) is 10.1 Å². The van der Waals surface area contributed by atoms with Crippen LogP contribution in [0.25, 0.3) is 0 Å². The molecule has 0 aliphatic rings. The van der Waals surface area contributed by atoms with Gasteiger partial charge in [-0.2, -0.15) is 21.0 Å². The minimum atomic E-state index is -3.98. The van der Waals surface area contributed by atoms with Gasteiger partial charge in [-0.25, -0.2) is 0 Å². The SMILES string of the molecule is CC(C)(S)S(=O)(=O)O. The summed E-state index contributed by atoms with van der Waals surface area (Å²) >= 11 is 3.60. The van der Waals surface area contributed by atoms with E-state index in [2.05, 4.69) is 12.6 Å². The number of hydrogen-bond donors (Lipinski definition) is 2. The smallest absolute Gasteiger partial charge is 0.279 e. The molecule has 1 N–H and O–H groups in total. The Morgan fingerprint density at radius 1 is 1.50 bits per heavy atom. The molecule has 50 valence electrons. The number of rotatable bonds is 1. The van der Waals surface area contributed by atoms with E-state index in [4.69, 9.17) is 4.55 Å². The molecule has 0 aromatic heterocycles. The summed E-state index contributed by atoms with van der Waals surface area (Å²) in [6, 6.07) is 0. The second kappa shape index (κ2) is 1.89. The lowest BCUT2D eigenvalue weighted by atomic mass is 10.5. The van der Waals surface area contributed by atoms with Gasteiger partial charge in [0, 0.05) is 0 Å². The van der Waals surface area contributed by atoms with Crippen LogP contribution in [-0.2, 0) is 10.1 Å². The van der Waals surface area contributed by atoms with E-state index < -0.39 is 14.2 Å². The van der Waals surface area contributed by atoms with Crippen LogP contribution in [0.15, 0.2) is 0 Å². The predicted molar refractivity (Wildman–Crippen MR) is 34.6 cm³/mol. The predicted octanol–water partition coefficient (Wildman–Crippen LogP) is 0.540. The Kier molecular flexibility index (Phi) is 1.95. The maximum Gasteiger partial charge on any atom is 0.279 e. The molecule has 8 heavy (non-hydrogen) atoms. The van der Waals surface area contributed by atoms with Gasteiger partial charge in [0.05, 0.1) is 0 Å². The van der Waals surface area contributed by atoms with E-state index in [1.54, 1.807) is 0 Å². The maximum absolute atomic E-state index is 10.1. The summed E-state index contributed by atoms with van der Waals surface area (Å²) in [4.78, 5) is 0. The first kappa shape index (κ1) is 8.26. The Balaban J connectivity index is 4.53. The molecule has 0 aliphatic carbocycles. The third-order valence-electron chi connectivity index (χ3n) is 0.631. The van der Waals surface area contributed by atoms with Crippen LogP contribution in [0.1, 0.15) is 13.8 Å². The molecule has 0 bridgehead atoms. The highest BCUT2D eigenvalue weighted by molar-refractivity contribution is 8.03. The van der Waals surface area contributed by atoms with Crippen LogP contribution in [-0.4, -0.2) is 17.0 Å². The molecule has 0 amide bonds. The second-order valence-corrected chi connectivity index (χ2v) is 5.31. The third kappa shape index (κ3) is 2.02. The fourth-order valence-corrected chi connectivity index (χ4v) is 0. The molecule has 0 aromatic carbocycles. The van der Waals surface area contributed by atoms with Crippen LogP contribution in [0.4, 0.5) is 0 Å². The molecule has 0 fully saturated rings. The largest absolute Gasteiger partial charge is 0.285 e. The quantitative estimate of drug-likeness (QED) is 0.430. The Bertz CT molecular complexity index is 161. The molecule has 0 rings (SSSR count). The molecule has 0 aliphatic heterocycles. The lowest BCUT2D eigenvalue weighted by molar-refractivity contribution is 0.469. The van der Waals surface area contributed by atoms with Gasteiger partial charge in [-0.3, -0.25) is 4.55 Å². The Labute approximate surface area is 54.3 Å². The van der Waals surface area contributed by atoms with E-state index in [0.717, 1.165) is 0 Å². The normalized spacial score (nSPS) is 14.0. The van der Waals surface area contributed by atoms with Crippen molar-refractivity contribution in [2.75, 3.05) is 0 Å². The van der Waals surface area contributed by atoms with E-state index in [0.29, 0.717) is 0 Å². The molecule has 0 atom stereocenters. The Morgan fingerprint density at radius 2 is 1.62 bits per heavy atom. The van der Waals surface area contributed by atoms with Crippen LogP contribution in [0.5, 0.6) is 0 Å². The van der Waals surface area contributed by atoms with Gasteiger partial charge in [-0.1, -0.05) is 0 Å². The first-order valence-electron chi connectivity index (χ1n) is 1.94. The molecule has 0 aromatic rings. The van der Waals surface area contributed by atoms with Crippen LogP contribution in [0.3, 0.4) is 0 Å². The van der Waals surface area contributed by atoms with E-state index in [9.17, 15) is 8.42 Å². The highest BCUT2D eigenvalue weighted by atomic mass is 32.3. The van der Waals surface area contributed by atoms with Gasteiger partial charge in [0.15, 0.2) is 0 Å². The van der Waals surface area contributed by atoms with Gasteiger partial charge in [0.2, 0.25) is 0 Å². The highest BCUT2D eigenvalue weighted by Gasteiger charge is 2.27. The van der Waals surface area contributed by atoms with Crippen molar-refractivity contribution in [3.8, 4) is 0 Å². The summed E-state index contributed by atoms with van der Waals surface area (Å²) in [5, 5.41) is 0. The Morgan fingerprint density at radius 3 is 1.62 bits per heavy atom. The summed E-state index contributed by atoms with van der Waals surface area (Å²) in [6.45, 7) is 2.59. The summed E-state index contributed by atoms with van der Waals surface area (Å²) in [5.41, 5.74) is 0. The molecule has 0 radical (unpaired) electrons. The molecular weight excluding hydrogens is 148 g/mol. The zero-order valence-corrected chi connectivity index (χ0v) is 6.33. The van der Waals surface area contributed by atoms with Crippen molar-refractivity contribution in [2.45, 2.75) is 17.9 Å². The van der Waals surface area contributed by atoms with Crippen molar-refractivity contribution in [2.24, 2.45) is 0 Å². The summed E-state index contributed by atoms with van der Waals surface area (Å²) in [7, 11) is -3.98. The molecule has 0 saturated heterocycles. The molecule has 0 spiro atoms. The lowest BCUT2D eigenvalue weighted by Crippen LogP contribution is -2.23.